The van der Waals surface area contributed by atoms with E-state index in [1.165, 1.54) is 44.6 Å². The molecule has 4 rings (SSSR count). The monoisotopic (exact) mass is 455 g/mol. The standard InChI is InChI=1S/C23H20F3N5O2/c1-12(2)19(23(24,25)26)31-20-15-6-5-14(29-21(32)13-4-3-8-27-11-13)10-16(15)18-17(30-20)7-9-28-22(18)33/h3-12,19H,1-2H3,(H,28,33)(H,29,32)(H,30,31). The minimum atomic E-state index is -4.50. The lowest BCUT2D eigenvalue weighted by Crippen LogP contribution is -2.40. The number of aromatic nitrogens is 3. The van der Waals surface area contributed by atoms with Gasteiger partial charge in [0.05, 0.1) is 16.5 Å². The Bertz CT molecular complexity index is 1380. The summed E-state index contributed by atoms with van der Waals surface area (Å²) in [6, 6.07) is 7.52. The number of benzene rings is 1. The van der Waals surface area contributed by atoms with Gasteiger partial charge in [0.2, 0.25) is 0 Å². The number of alkyl halides is 3. The third-order valence-corrected chi connectivity index (χ3v) is 5.21. The Morgan fingerprint density at radius 2 is 1.91 bits per heavy atom. The lowest BCUT2D eigenvalue weighted by molar-refractivity contribution is -0.150. The Hall–Kier alpha value is -3.95. The van der Waals surface area contributed by atoms with E-state index in [0.29, 0.717) is 22.0 Å². The second-order valence-electron chi connectivity index (χ2n) is 7.89. The van der Waals surface area contributed by atoms with Crippen LogP contribution in [0, 0.1) is 5.92 Å². The van der Waals surface area contributed by atoms with Crippen LogP contribution in [0.2, 0.25) is 0 Å². The molecule has 0 spiro atoms. The molecule has 0 saturated heterocycles. The molecule has 0 fully saturated rings. The second kappa shape index (κ2) is 8.53. The number of pyridine rings is 3. The van der Waals surface area contributed by atoms with E-state index in [1.54, 1.807) is 24.3 Å². The minimum Gasteiger partial charge on any atom is -0.358 e. The number of nitrogens with zero attached hydrogens (tertiary/aromatic N) is 2. The lowest BCUT2D eigenvalue weighted by atomic mass is 10.0. The molecule has 33 heavy (non-hydrogen) atoms. The largest absolute Gasteiger partial charge is 0.408 e. The molecule has 0 bridgehead atoms. The SMILES string of the molecule is CC(C)C(Nc1nc2cc[nH]c(=O)c2c2cc(NC(=O)c3cccnc3)ccc12)C(F)(F)F. The predicted molar refractivity (Wildman–Crippen MR) is 120 cm³/mol. The summed E-state index contributed by atoms with van der Waals surface area (Å²) in [6.07, 6.45) is -0.169. The molecule has 10 heteroatoms. The highest BCUT2D eigenvalue weighted by Gasteiger charge is 2.42. The van der Waals surface area contributed by atoms with Crippen molar-refractivity contribution in [3.8, 4) is 0 Å². The molecule has 0 aliphatic carbocycles. The van der Waals surface area contributed by atoms with Gasteiger partial charge in [-0.15, -0.1) is 0 Å². The summed E-state index contributed by atoms with van der Waals surface area (Å²) < 4.78 is 40.8. The average Bonchev–Trinajstić information content (AvgIpc) is 2.76. The normalized spacial score (nSPS) is 12.8. The fourth-order valence-corrected chi connectivity index (χ4v) is 3.62. The Kier molecular flexibility index (Phi) is 5.75. The maximum Gasteiger partial charge on any atom is 0.408 e. The zero-order chi connectivity index (χ0) is 23.8. The zero-order valence-corrected chi connectivity index (χ0v) is 17.7. The third kappa shape index (κ3) is 4.50. The Morgan fingerprint density at radius 1 is 1.12 bits per heavy atom. The smallest absolute Gasteiger partial charge is 0.358 e. The lowest BCUT2D eigenvalue weighted by Gasteiger charge is -2.26. The predicted octanol–water partition coefficient (Wildman–Crippen LogP) is 4.72. The number of fused-ring (bicyclic) bond motifs is 3. The third-order valence-electron chi connectivity index (χ3n) is 5.21. The molecule has 0 aliphatic rings. The summed E-state index contributed by atoms with van der Waals surface area (Å²) in [5, 5.41) is 6.14. The number of anilines is 2. The van der Waals surface area contributed by atoms with E-state index in [9.17, 15) is 22.8 Å². The Balaban J connectivity index is 1.85. The van der Waals surface area contributed by atoms with E-state index in [4.69, 9.17) is 0 Å². The van der Waals surface area contributed by atoms with Crippen molar-refractivity contribution >= 4 is 39.1 Å². The molecule has 4 aromatic rings. The molecule has 0 aliphatic heterocycles. The summed E-state index contributed by atoms with van der Waals surface area (Å²) in [5.41, 5.74) is 0.495. The van der Waals surface area contributed by atoms with Crippen molar-refractivity contribution in [2.24, 2.45) is 5.92 Å². The number of nitrogens with one attached hydrogen (secondary N) is 3. The van der Waals surface area contributed by atoms with Gasteiger partial charge in [0, 0.05) is 35.1 Å². The maximum atomic E-state index is 13.6. The highest BCUT2D eigenvalue weighted by molar-refractivity contribution is 6.12. The summed E-state index contributed by atoms with van der Waals surface area (Å²) >= 11 is 0. The van der Waals surface area contributed by atoms with Gasteiger partial charge in [-0.2, -0.15) is 13.2 Å². The van der Waals surface area contributed by atoms with Crippen LogP contribution in [0.5, 0.6) is 0 Å². The quantitative estimate of drug-likeness (QED) is 0.378. The highest BCUT2D eigenvalue weighted by atomic mass is 19.4. The van der Waals surface area contributed by atoms with Crippen LogP contribution in [0.25, 0.3) is 21.7 Å². The van der Waals surface area contributed by atoms with Crippen LogP contribution in [-0.4, -0.2) is 33.1 Å². The van der Waals surface area contributed by atoms with Crippen molar-refractivity contribution in [2.45, 2.75) is 26.1 Å². The van der Waals surface area contributed by atoms with E-state index in [0.717, 1.165) is 0 Å². The van der Waals surface area contributed by atoms with Gasteiger partial charge >= 0.3 is 6.18 Å². The van der Waals surface area contributed by atoms with Crippen molar-refractivity contribution < 1.29 is 18.0 Å². The average molecular weight is 455 g/mol. The first-order chi connectivity index (χ1) is 15.6. The number of carbonyl (C=O) groups is 1. The molecule has 3 heterocycles. The topological polar surface area (TPSA) is 99.8 Å². The van der Waals surface area contributed by atoms with Crippen LogP contribution < -0.4 is 16.2 Å². The first-order valence-electron chi connectivity index (χ1n) is 10.1. The van der Waals surface area contributed by atoms with Gasteiger partial charge < -0.3 is 15.6 Å². The van der Waals surface area contributed by atoms with E-state index in [1.807, 2.05) is 0 Å². The molecule has 1 aromatic carbocycles. The van der Waals surface area contributed by atoms with Crippen molar-refractivity contribution in [1.29, 1.82) is 0 Å². The van der Waals surface area contributed by atoms with Gasteiger partial charge in [0.15, 0.2) is 0 Å². The van der Waals surface area contributed by atoms with Crippen LogP contribution in [0.15, 0.2) is 59.8 Å². The fraction of sp³-hybridized carbons (Fsp3) is 0.217. The number of carbonyl (C=O) groups excluding carboxylic acids is 1. The van der Waals surface area contributed by atoms with Crippen LogP contribution in [-0.2, 0) is 0 Å². The number of aromatic amines is 1. The molecule has 0 radical (unpaired) electrons. The number of amides is 1. The van der Waals surface area contributed by atoms with Crippen LogP contribution in [0.4, 0.5) is 24.7 Å². The molecule has 3 N–H and O–H groups in total. The molecule has 1 unspecified atom stereocenters. The molecule has 7 nitrogen and oxygen atoms in total. The summed E-state index contributed by atoms with van der Waals surface area (Å²) in [5.74, 6) is -1.16. The number of H-pyrrole nitrogens is 1. The van der Waals surface area contributed by atoms with Crippen molar-refractivity contribution in [2.75, 3.05) is 10.6 Å². The molecule has 170 valence electrons. The fourth-order valence-electron chi connectivity index (χ4n) is 3.62. The molecule has 0 saturated carbocycles. The van der Waals surface area contributed by atoms with Gasteiger partial charge in [-0.25, -0.2) is 4.98 Å². The van der Waals surface area contributed by atoms with Gasteiger partial charge in [-0.3, -0.25) is 14.6 Å². The van der Waals surface area contributed by atoms with Crippen molar-refractivity contribution in [3.63, 3.8) is 0 Å². The van der Waals surface area contributed by atoms with Gasteiger partial charge in [0.1, 0.15) is 11.9 Å². The van der Waals surface area contributed by atoms with Gasteiger partial charge in [-0.1, -0.05) is 13.8 Å². The van der Waals surface area contributed by atoms with E-state index < -0.39 is 29.6 Å². The second-order valence-corrected chi connectivity index (χ2v) is 7.89. The minimum absolute atomic E-state index is 0.00395. The summed E-state index contributed by atoms with van der Waals surface area (Å²) in [7, 11) is 0. The van der Waals surface area contributed by atoms with Gasteiger partial charge in [0.25, 0.3) is 11.5 Å². The maximum absolute atomic E-state index is 13.6. The van der Waals surface area contributed by atoms with Crippen LogP contribution >= 0.6 is 0 Å². The number of halogens is 3. The molecule has 1 atom stereocenters. The molecule has 3 aromatic heterocycles. The van der Waals surface area contributed by atoms with Crippen LogP contribution in [0.3, 0.4) is 0 Å². The number of rotatable bonds is 5. The summed E-state index contributed by atoms with van der Waals surface area (Å²) in [6.45, 7) is 2.93. The molecular formula is C23H20F3N5O2. The Labute approximate surface area is 186 Å². The molecule has 1 amide bonds. The van der Waals surface area contributed by atoms with E-state index in [-0.39, 0.29) is 16.7 Å². The van der Waals surface area contributed by atoms with E-state index in [2.05, 4.69) is 25.6 Å². The van der Waals surface area contributed by atoms with Crippen molar-refractivity contribution in [3.05, 3.63) is 70.9 Å². The number of hydrogen-bond donors (Lipinski definition) is 3. The first kappa shape index (κ1) is 22.3. The Morgan fingerprint density at radius 3 is 2.58 bits per heavy atom. The van der Waals surface area contributed by atoms with E-state index >= 15 is 0 Å². The molecular weight excluding hydrogens is 435 g/mol. The first-order valence-corrected chi connectivity index (χ1v) is 10.1. The zero-order valence-electron chi connectivity index (χ0n) is 17.7. The van der Waals surface area contributed by atoms with Gasteiger partial charge in [-0.05, 0) is 42.3 Å². The van der Waals surface area contributed by atoms with Crippen molar-refractivity contribution in [1.82, 2.24) is 15.0 Å². The van der Waals surface area contributed by atoms with Crippen LogP contribution in [0.1, 0.15) is 24.2 Å². The highest BCUT2D eigenvalue weighted by Crippen LogP contribution is 2.34. The number of hydrogen-bond acceptors (Lipinski definition) is 5. The summed E-state index contributed by atoms with van der Waals surface area (Å²) in [4.78, 5) is 35.9.